The van der Waals surface area contributed by atoms with Crippen molar-refractivity contribution in [2.75, 3.05) is 11.4 Å². The lowest BCUT2D eigenvalue weighted by atomic mass is 9.94. The first-order chi connectivity index (χ1) is 14.2. The molecular formula is C21H18N6O2. The molecule has 1 N–H and O–H groups in total. The number of aryl methyl sites for hydroxylation is 1. The molecule has 0 aliphatic carbocycles. The van der Waals surface area contributed by atoms with Gasteiger partial charge in [0, 0.05) is 49.0 Å². The highest BCUT2D eigenvalue weighted by Gasteiger charge is 2.25. The van der Waals surface area contributed by atoms with Crippen molar-refractivity contribution in [1.29, 1.82) is 0 Å². The summed E-state index contributed by atoms with van der Waals surface area (Å²) in [4.78, 5) is 29.7. The fourth-order valence-electron chi connectivity index (χ4n) is 3.67. The molecule has 29 heavy (non-hydrogen) atoms. The van der Waals surface area contributed by atoms with E-state index in [0.717, 1.165) is 42.1 Å². The standard InChI is InChI=1S/C21H18N6O2/c1-13-19(20-25-21(29-26-20)14-5-6-18(28)24-10-14)16-7-9-27(12-15(16)11-23-13)17-4-2-3-8-22-17/h2-6,8,10-11H,7,9,12H2,1H3,(H,24,28). The molecular weight excluding hydrogens is 368 g/mol. The van der Waals surface area contributed by atoms with Crippen LogP contribution in [-0.4, -0.2) is 31.6 Å². The summed E-state index contributed by atoms with van der Waals surface area (Å²) in [5.74, 6) is 1.83. The third kappa shape index (κ3) is 3.18. The van der Waals surface area contributed by atoms with E-state index in [2.05, 4.69) is 30.0 Å². The molecule has 0 atom stereocenters. The van der Waals surface area contributed by atoms with E-state index >= 15 is 0 Å². The SMILES string of the molecule is Cc1ncc2c(c1-c1noc(-c3ccc(=O)[nH]c3)n1)CCN(c1ccccn1)C2. The van der Waals surface area contributed by atoms with E-state index in [4.69, 9.17) is 4.52 Å². The van der Waals surface area contributed by atoms with Crippen molar-refractivity contribution < 1.29 is 4.52 Å². The summed E-state index contributed by atoms with van der Waals surface area (Å²) >= 11 is 0. The lowest BCUT2D eigenvalue weighted by Gasteiger charge is -2.30. The number of fused-ring (bicyclic) bond motifs is 1. The zero-order valence-electron chi connectivity index (χ0n) is 15.8. The van der Waals surface area contributed by atoms with Crippen LogP contribution in [0.5, 0.6) is 0 Å². The third-order valence-electron chi connectivity index (χ3n) is 5.11. The second-order valence-corrected chi connectivity index (χ2v) is 6.95. The van der Waals surface area contributed by atoms with Gasteiger partial charge in [0.15, 0.2) is 0 Å². The van der Waals surface area contributed by atoms with Crippen molar-refractivity contribution in [2.24, 2.45) is 0 Å². The van der Waals surface area contributed by atoms with E-state index in [9.17, 15) is 4.79 Å². The summed E-state index contributed by atoms with van der Waals surface area (Å²) in [6, 6.07) is 9.02. The van der Waals surface area contributed by atoms with E-state index in [1.54, 1.807) is 18.5 Å². The normalized spacial score (nSPS) is 13.3. The molecule has 0 spiro atoms. The van der Waals surface area contributed by atoms with Crippen LogP contribution in [0.2, 0.25) is 0 Å². The van der Waals surface area contributed by atoms with Crippen LogP contribution in [0.4, 0.5) is 5.82 Å². The van der Waals surface area contributed by atoms with Crippen LogP contribution in [0.15, 0.2) is 58.2 Å². The van der Waals surface area contributed by atoms with Crippen LogP contribution >= 0.6 is 0 Å². The Labute approximate surface area is 166 Å². The highest BCUT2D eigenvalue weighted by Crippen LogP contribution is 2.32. The summed E-state index contributed by atoms with van der Waals surface area (Å²) in [6.07, 6.45) is 6.14. The first-order valence-electron chi connectivity index (χ1n) is 9.35. The van der Waals surface area contributed by atoms with Gasteiger partial charge in [-0.15, -0.1) is 0 Å². The average Bonchev–Trinajstić information content (AvgIpc) is 3.24. The number of nitrogens with one attached hydrogen (secondary N) is 1. The first-order valence-corrected chi connectivity index (χ1v) is 9.35. The summed E-state index contributed by atoms with van der Waals surface area (Å²) < 4.78 is 5.45. The molecule has 8 nitrogen and oxygen atoms in total. The van der Waals surface area contributed by atoms with E-state index in [-0.39, 0.29) is 5.56 Å². The number of aromatic nitrogens is 5. The Morgan fingerprint density at radius 3 is 2.90 bits per heavy atom. The molecule has 5 heterocycles. The van der Waals surface area contributed by atoms with Gasteiger partial charge in [-0.25, -0.2) is 4.98 Å². The van der Waals surface area contributed by atoms with Crippen molar-refractivity contribution >= 4 is 5.82 Å². The summed E-state index contributed by atoms with van der Waals surface area (Å²) in [5, 5.41) is 4.19. The van der Waals surface area contributed by atoms with E-state index in [1.807, 2.05) is 31.3 Å². The van der Waals surface area contributed by atoms with Crippen LogP contribution in [0, 0.1) is 6.92 Å². The topological polar surface area (TPSA) is 101 Å². The lowest BCUT2D eigenvalue weighted by Crippen LogP contribution is -2.31. The predicted octanol–water partition coefficient (Wildman–Crippen LogP) is 2.75. The lowest BCUT2D eigenvalue weighted by molar-refractivity contribution is 0.432. The maximum atomic E-state index is 11.3. The Balaban J connectivity index is 1.51. The highest BCUT2D eigenvalue weighted by molar-refractivity contribution is 5.67. The van der Waals surface area contributed by atoms with E-state index in [0.29, 0.717) is 17.3 Å². The minimum absolute atomic E-state index is 0.178. The van der Waals surface area contributed by atoms with Gasteiger partial charge < -0.3 is 14.4 Å². The second kappa shape index (κ2) is 6.97. The fraction of sp³-hybridized carbons (Fsp3) is 0.190. The van der Waals surface area contributed by atoms with Crippen molar-refractivity contribution in [3.05, 3.63) is 76.1 Å². The molecule has 5 rings (SSSR count). The molecule has 0 aromatic carbocycles. The van der Waals surface area contributed by atoms with Gasteiger partial charge >= 0.3 is 0 Å². The van der Waals surface area contributed by atoms with Gasteiger partial charge in [-0.1, -0.05) is 11.2 Å². The Hall–Kier alpha value is -3.81. The molecule has 0 amide bonds. The molecule has 4 aromatic heterocycles. The van der Waals surface area contributed by atoms with Crippen LogP contribution in [0.1, 0.15) is 16.8 Å². The molecule has 0 radical (unpaired) electrons. The summed E-state index contributed by atoms with van der Waals surface area (Å²) in [7, 11) is 0. The number of anilines is 1. The quantitative estimate of drug-likeness (QED) is 0.578. The second-order valence-electron chi connectivity index (χ2n) is 6.95. The zero-order valence-corrected chi connectivity index (χ0v) is 15.8. The van der Waals surface area contributed by atoms with Crippen LogP contribution in [-0.2, 0) is 13.0 Å². The molecule has 0 bridgehead atoms. The van der Waals surface area contributed by atoms with Crippen LogP contribution in [0.3, 0.4) is 0 Å². The molecule has 0 saturated heterocycles. The monoisotopic (exact) mass is 386 g/mol. The summed E-state index contributed by atoms with van der Waals surface area (Å²) in [5.41, 5.74) is 4.60. The van der Waals surface area contributed by atoms with Gasteiger partial charge in [0.05, 0.1) is 5.56 Å². The Morgan fingerprint density at radius 2 is 2.10 bits per heavy atom. The van der Waals surface area contributed by atoms with Gasteiger partial charge in [0.1, 0.15) is 5.82 Å². The Bertz CT molecular complexity index is 1210. The van der Waals surface area contributed by atoms with E-state index < -0.39 is 0 Å². The predicted molar refractivity (Wildman–Crippen MR) is 107 cm³/mol. The number of hydrogen-bond acceptors (Lipinski definition) is 7. The Kier molecular flexibility index (Phi) is 4.16. The third-order valence-corrected chi connectivity index (χ3v) is 5.11. The highest BCUT2D eigenvalue weighted by atomic mass is 16.5. The van der Waals surface area contributed by atoms with Gasteiger partial charge in [-0.3, -0.25) is 9.78 Å². The number of hydrogen-bond donors (Lipinski definition) is 1. The van der Waals surface area contributed by atoms with Crippen molar-refractivity contribution in [3.63, 3.8) is 0 Å². The van der Waals surface area contributed by atoms with Crippen molar-refractivity contribution in [1.82, 2.24) is 25.1 Å². The van der Waals surface area contributed by atoms with Crippen LogP contribution < -0.4 is 10.5 Å². The first kappa shape index (κ1) is 17.3. The van der Waals surface area contributed by atoms with Crippen molar-refractivity contribution in [2.45, 2.75) is 19.9 Å². The summed E-state index contributed by atoms with van der Waals surface area (Å²) in [6.45, 7) is 3.54. The van der Waals surface area contributed by atoms with Gasteiger partial charge in [-0.2, -0.15) is 4.98 Å². The molecule has 0 unspecified atom stereocenters. The zero-order chi connectivity index (χ0) is 19.8. The molecule has 0 fully saturated rings. The number of rotatable bonds is 3. The molecule has 8 heteroatoms. The maximum Gasteiger partial charge on any atom is 0.259 e. The number of nitrogens with zero attached hydrogens (tertiary/aromatic N) is 5. The fourth-order valence-corrected chi connectivity index (χ4v) is 3.67. The van der Waals surface area contributed by atoms with Crippen LogP contribution in [0.25, 0.3) is 22.8 Å². The largest absolute Gasteiger partial charge is 0.352 e. The van der Waals surface area contributed by atoms with Crippen molar-refractivity contribution in [3.8, 4) is 22.8 Å². The molecule has 1 aliphatic rings. The van der Waals surface area contributed by atoms with E-state index in [1.165, 1.54) is 11.6 Å². The molecule has 4 aromatic rings. The minimum atomic E-state index is -0.178. The smallest absolute Gasteiger partial charge is 0.259 e. The average molecular weight is 386 g/mol. The van der Waals surface area contributed by atoms with Gasteiger partial charge in [0.25, 0.3) is 5.89 Å². The Morgan fingerprint density at radius 1 is 1.17 bits per heavy atom. The maximum absolute atomic E-state index is 11.3. The molecule has 0 saturated carbocycles. The number of H-pyrrole nitrogens is 1. The van der Waals surface area contributed by atoms with Gasteiger partial charge in [0.2, 0.25) is 11.4 Å². The molecule has 1 aliphatic heterocycles. The minimum Gasteiger partial charge on any atom is -0.352 e. The number of pyridine rings is 3. The number of aromatic amines is 1. The molecule has 144 valence electrons. The van der Waals surface area contributed by atoms with Gasteiger partial charge in [-0.05, 0) is 42.7 Å².